The molecule has 0 saturated heterocycles. The lowest BCUT2D eigenvalue weighted by Crippen LogP contribution is -2.34. The summed E-state index contributed by atoms with van der Waals surface area (Å²) in [5.74, 6) is -0.610. The Balaban J connectivity index is 2.23. The molecule has 23 heavy (non-hydrogen) atoms. The van der Waals surface area contributed by atoms with E-state index < -0.39 is 0 Å². The Morgan fingerprint density at radius 3 is 2.74 bits per heavy atom. The Morgan fingerprint density at radius 2 is 2.04 bits per heavy atom. The van der Waals surface area contributed by atoms with Gasteiger partial charge in [-0.25, -0.2) is 4.79 Å². The van der Waals surface area contributed by atoms with E-state index in [1.54, 1.807) is 0 Å². The number of nitrogens with one attached hydrogen (secondary N) is 1. The molecule has 1 heterocycles. The van der Waals surface area contributed by atoms with Gasteiger partial charge in [0.1, 0.15) is 0 Å². The molecular weight excluding hydrogens is 405 g/mol. The van der Waals surface area contributed by atoms with Gasteiger partial charge in [-0.05, 0) is 54.0 Å². The van der Waals surface area contributed by atoms with Crippen LogP contribution in [-0.4, -0.2) is 18.9 Å². The number of methoxy groups -OCH3 is 1. The molecular formula is C18H18INO3. The predicted octanol–water partition coefficient (Wildman–Crippen LogP) is 3.43. The molecule has 5 heteroatoms. The van der Waals surface area contributed by atoms with Crippen LogP contribution in [-0.2, 0) is 14.3 Å². The van der Waals surface area contributed by atoms with E-state index in [9.17, 15) is 9.59 Å². The van der Waals surface area contributed by atoms with Crippen LogP contribution in [0.1, 0.15) is 37.7 Å². The van der Waals surface area contributed by atoms with E-state index in [2.05, 4.69) is 27.9 Å². The lowest BCUT2D eigenvalue weighted by molar-refractivity contribution is -0.136. The Kier molecular flexibility index (Phi) is 4.57. The monoisotopic (exact) mass is 423 g/mol. The van der Waals surface area contributed by atoms with Crippen LogP contribution in [0, 0.1) is 3.57 Å². The summed E-state index contributed by atoms with van der Waals surface area (Å²) < 4.78 is 6.03. The van der Waals surface area contributed by atoms with Crippen molar-refractivity contribution in [2.45, 2.75) is 32.1 Å². The zero-order valence-electron chi connectivity index (χ0n) is 13.1. The summed E-state index contributed by atoms with van der Waals surface area (Å²) in [6, 6.07) is 7.88. The summed E-state index contributed by atoms with van der Waals surface area (Å²) in [4.78, 5) is 25.0. The summed E-state index contributed by atoms with van der Waals surface area (Å²) in [6.45, 7) is 1.87. The average Bonchev–Trinajstić information content (AvgIpc) is 2.54. The van der Waals surface area contributed by atoms with Crippen LogP contribution < -0.4 is 5.32 Å². The second-order valence-electron chi connectivity index (χ2n) is 5.78. The van der Waals surface area contributed by atoms with Crippen molar-refractivity contribution in [3.63, 3.8) is 0 Å². The average molecular weight is 423 g/mol. The third kappa shape index (κ3) is 2.82. The van der Waals surface area contributed by atoms with E-state index in [-0.39, 0.29) is 17.7 Å². The number of benzene rings is 1. The van der Waals surface area contributed by atoms with Gasteiger partial charge in [0.05, 0.1) is 12.7 Å². The van der Waals surface area contributed by atoms with Gasteiger partial charge in [0.25, 0.3) is 0 Å². The molecule has 1 aliphatic heterocycles. The van der Waals surface area contributed by atoms with E-state index in [4.69, 9.17) is 4.74 Å². The minimum Gasteiger partial charge on any atom is -0.466 e. The first-order valence-corrected chi connectivity index (χ1v) is 8.69. The third-order valence-corrected chi connectivity index (χ3v) is 5.38. The van der Waals surface area contributed by atoms with Crippen molar-refractivity contribution in [1.29, 1.82) is 0 Å². The van der Waals surface area contributed by atoms with Crippen molar-refractivity contribution in [3.8, 4) is 0 Å². The first-order valence-electron chi connectivity index (χ1n) is 7.61. The molecule has 0 radical (unpaired) electrons. The van der Waals surface area contributed by atoms with Gasteiger partial charge < -0.3 is 10.1 Å². The van der Waals surface area contributed by atoms with Gasteiger partial charge in [0, 0.05) is 32.9 Å². The molecule has 1 aromatic rings. The molecule has 0 aromatic heterocycles. The summed E-state index contributed by atoms with van der Waals surface area (Å²) in [5, 5.41) is 3.27. The maximum absolute atomic E-state index is 12.6. The highest BCUT2D eigenvalue weighted by atomic mass is 127. The van der Waals surface area contributed by atoms with Crippen molar-refractivity contribution in [2.75, 3.05) is 7.11 Å². The molecule has 1 unspecified atom stereocenters. The number of ketones is 1. The van der Waals surface area contributed by atoms with Crippen LogP contribution in [0.5, 0.6) is 0 Å². The first kappa shape index (κ1) is 16.2. The largest absolute Gasteiger partial charge is 0.466 e. The predicted molar refractivity (Wildman–Crippen MR) is 95.6 cm³/mol. The van der Waals surface area contributed by atoms with Crippen molar-refractivity contribution in [1.82, 2.24) is 5.32 Å². The van der Waals surface area contributed by atoms with Gasteiger partial charge in [-0.2, -0.15) is 0 Å². The van der Waals surface area contributed by atoms with Crippen molar-refractivity contribution in [3.05, 3.63) is 55.9 Å². The number of hydrogen-bond donors (Lipinski definition) is 1. The molecule has 0 fully saturated rings. The molecule has 0 amide bonds. The summed E-state index contributed by atoms with van der Waals surface area (Å²) in [5.41, 5.74) is 3.97. The number of allylic oxidation sites excluding steroid dienone is 3. The molecule has 1 atom stereocenters. The number of halogens is 1. The molecule has 1 N–H and O–H groups in total. The highest BCUT2D eigenvalue weighted by molar-refractivity contribution is 14.1. The topological polar surface area (TPSA) is 55.4 Å². The number of esters is 1. The third-order valence-electron chi connectivity index (χ3n) is 4.40. The summed E-state index contributed by atoms with van der Waals surface area (Å²) in [6.07, 6.45) is 2.23. The molecule has 1 aliphatic carbocycles. The van der Waals surface area contributed by atoms with E-state index >= 15 is 0 Å². The highest BCUT2D eigenvalue weighted by Crippen LogP contribution is 2.43. The molecule has 1 aromatic carbocycles. The fourth-order valence-electron chi connectivity index (χ4n) is 3.38. The molecule has 3 rings (SSSR count). The quantitative estimate of drug-likeness (QED) is 0.585. The number of ether oxygens (including phenoxy) is 1. The molecule has 0 bridgehead atoms. The minimum absolute atomic E-state index is 0.123. The fraction of sp³-hybridized carbons (Fsp3) is 0.333. The number of carbonyl (C=O) groups is 2. The van der Waals surface area contributed by atoms with Crippen molar-refractivity contribution < 1.29 is 14.3 Å². The Morgan fingerprint density at radius 1 is 1.30 bits per heavy atom. The van der Waals surface area contributed by atoms with Gasteiger partial charge in [0.2, 0.25) is 0 Å². The summed E-state index contributed by atoms with van der Waals surface area (Å²) in [7, 11) is 1.38. The van der Waals surface area contributed by atoms with Gasteiger partial charge in [-0.1, -0.05) is 18.2 Å². The standard InChI is InChI=1S/C18H18INO3/c1-10-15(18(22)23-2)16(11-6-3-4-7-12(11)19)17-13(20-10)8-5-9-14(17)21/h3-4,6-7,16,20H,5,8-9H2,1-2H3. The maximum atomic E-state index is 12.6. The zero-order valence-corrected chi connectivity index (χ0v) is 15.3. The Labute approximate surface area is 149 Å². The smallest absolute Gasteiger partial charge is 0.336 e. The second-order valence-corrected chi connectivity index (χ2v) is 6.94. The zero-order chi connectivity index (χ0) is 16.6. The van der Waals surface area contributed by atoms with E-state index in [0.717, 1.165) is 38.9 Å². The number of Topliss-reactive ketones (excluding diaryl/α,β-unsaturated/α-hetero) is 1. The molecule has 4 nitrogen and oxygen atoms in total. The Hall–Kier alpha value is -1.63. The molecule has 0 saturated carbocycles. The highest BCUT2D eigenvalue weighted by Gasteiger charge is 2.39. The van der Waals surface area contributed by atoms with Crippen LogP contribution >= 0.6 is 22.6 Å². The van der Waals surface area contributed by atoms with Crippen LogP contribution in [0.25, 0.3) is 0 Å². The van der Waals surface area contributed by atoms with E-state index in [1.807, 2.05) is 31.2 Å². The summed E-state index contributed by atoms with van der Waals surface area (Å²) >= 11 is 2.26. The van der Waals surface area contributed by atoms with Crippen molar-refractivity contribution in [2.24, 2.45) is 0 Å². The maximum Gasteiger partial charge on any atom is 0.336 e. The van der Waals surface area contributed by atoms with Crippen LogP contribution in [0.3, 0.4) is 0 Å². The minimum atomic E-state index is -0.385. The van der Waals surface area contributed by atoms with Crippen molar-refractivity contribution >= 4 is 34.3 Å². The normalized spacial score (nSPS) is 21.0. The lowest BCUT2D eigenvalue weighted by atomic mass is 9.75. The molecule has 0 spiro atoms. The fourth-order valence-corrected chi connectivity index (χ4v) is 4.08. The van der Waals surface area contributed by atoms with Gasteiger partial charge >= 0.3 is 5.97 Å². The van der Waals surface area contributed by atoms with Crippen LogP contribution in [0.2, 0.25) is 0 Å². The lowest BCUT2D eigenvalue weighted by Gasteiger charge is -2.34. The second kappa shape index (κ2) is 6.47. The van der Waals surface area contributed by atoms with Gasteiger partial charge in [-0.3, -0.25) is 4.79 Å². The number of carbonyl (C=O) groups excluding carboxylic acids is 2. The Bertz CT molecular complexity index is 748. The van der Waals surface area contributed by atoms with Gasteiger partial charge in [0.15, 0.2) is 5.78 Å². The van der Waals surface area contributed by atoms with E-state index in [1.165, 1.54) is 7.11 Å². The van der Waals surface area contributed by atoms with E-state index in [0.29, 0.717) is 12.0 Å². The molecule has 120 valence electrons. The first-order chi connectivity index (χ1) is 11.0. The number of dihydropyridines is 1. The number of rotatable bonds is 2. The van der Waals surface area contributed by atoms with Crippen LogP contribution in [0.15, 0.2) is 46.8 Å². The number of hydrogen-bond acceptors (Lipinski definition) is 4. The SMILES string of the molecule is COC(=O)C1=C(C)NC2=C(C(=O)CCC2)C1c1ccccc1I. The van der Waals surface area contributed by atoms with Crippen LogP contribution in [0.4, 0.5) is 0 Å². The van der Waals surface area contributed by atoms with Gasteiger partial charge in [-0.15, -0.1) is 0 Å². The molecule has 2 aliphatic rings.